The molecule has 8 heteroatoms. The fourth-order valence-corrected chi connectivity index (χ4v) is 2.62. The summed E-state index contributed by atoms with van der Waals surface area (Å²) in [6.07, 6.45) is 2.30. The van der Waals surface area contributed by atoms with Crippen LogP contribution in [-0.4, -0.2) is 29.7 Å². The first kappa shape index (κ1) is 14.4. The lowest BCUT2D eigenvalue weighted by molar-refractivity contribution is 0.466. The smallest absolute Gasteiger partial charge is 0.246 e. The first-order chi connectivity index (χ1) is 9.39. The molecule has 0 aliphatic rings. The van der Waals surface area contributed by atoms with Gasteiger partial charge in [0, 0.05) is 13.6 Å². The standard InChI is InChI=1S/C12H13FN4O2S/c1-17(8-9-2-4-10(13)5-3-9)20(18,19)11-6-15-12(14)16-7-11/h2-7H,8H2,1H3,(H2,14,15,16). The maximum Gasteiger partial charge on any atom is 0.246 e. The molecule has 2 rings (SSSR count). The molecule has 0 aliphatic heterocycles. The average molecular weight is 296 g/mol. The van der Waals surface area contributed by atoms with Crippen LogP contribution in [0.15, 0.2) is 41.6 Å². The molecular formula is C12H13FN4O2S. The number of nitrogens with two attached hydrogens (primary N) is 1. The molecule has 0 saturated carbocycles. The van der Waals surface area contributed by atoms with Crippen molar-refractivity contribution in [1.29, 1.82) is 0 Å². The van der Waals surface area contributed by atoms with Crippen molar-refractivity contribution in [2.24, 2.45) is 0 Å². The first-order valence-electron chi connectivity index (χ1n) is 5.68. The van der Waals surface area contributed by atoms with Crippen LogP contribution < -0.4 is 5.73 Å². The molecule has 0 radical (unpaired) electrons. The van der Waals surface area contributed by atoms with Crippen molar-refractivity contribution in [1.82, 2.24) is 14.3 Å². The fraction of sp³-hybridized carbons (Fsp3) is 0.167. The van der Waals surface area contributed by atoms with Crippen molar-refractivity contribution >= 4 is 16.0 Å². The number of rotatable bonds is 4. The number of benzene rings is 1. The zero-order chi connectivity index (χ0) is 14.8. The summed E-state index contributed by atoms with van der Waals surface area (Å²) >= 11 is 0. The van der Waals surface area contributed by atoms with E-state index in [9.17, 15) is 12.8 Å². The van der Waals surface area contributed by atoms with E-state index in [1.165, 1.54) is 31.3 Å². The van der Waals surface area contributed by atoms with Crippen LogP contribution in [0.2, 0.25) is 0 Å². The molecule has 0 amide bonds. The molecule has 0 unspecified atom stereocenters. The zero-order valence-corrected chi connectivity index (χ0v) is 11.5. The highest BCUT2D eigenvalue weighted by molar-refractivity contribution is 7.89. The van der Waals surface area contributed by atoms with Crippen LogP contribution in [0.1, 0.15) is 5.56 Å². The molecule has 2 N–H and O–H groups in total. The summed E-state index contributed by atoms with van der Waals surface area (Å²) in [6, 6.07) is 5.62. The van der Waals surface area contributed by atoms with E-state index >= 15 is 0 Å². The predicted molar refractivity (Wildman–Crippen MR) is 71.5 cm³/mol. The monoisotopic (exact) mass is 296 g/mol. The third-order valence-corrected chi connectivity index (χ3v) is 4.43. The van der Waals surface area contributed by atoms with Crippen molar-refractivity contribution in [3.8, 4) is 0 Å². The van der Waals surface area contributed by atoms with Crippen LogP contribution in [0.5, 0.6) is 0 Å². The molecule has 106 valence electrons. The largest absolute Gasteiger partial charge is 0.368 e. The Labute approximate surface area is 116 Å². The normalized spacial score (nSPS) is 11.8. The minimum Gasteiger partial charge on any atom is -0.368 e. The molecule has 1 aromatic heterocycles. The Hall–Kier alpha value is -2.06. The second-order valence-electron chi connectivity index (χ2n) is 4.16. The Kier molecular flexibility index (Phi) is 3.96. The summed E-state index contributed by atoms with van der Waals surface area (Å²) in [6.45, 7) is 0.118. The molecule has 2 aromatic rings. The van der Waals surface area contributed by atoms with Gasteiger partial charge < -0.3 is 5.73 Å². The summed E-state index contributed by atoms with van der Waals surface area (Å²) in [4.78, 5) is 7.27. The molecule has 0 fully saturated rings. The minimum absolute atomic E-state index is 0.00476. The number of nitrogens with zero attached hydrogens (tertiary/aromatic N) is 3. The van der Waals surface area contributed by atoms with Gasteiger partial charge in [-0.2, -0.15) is 4.31 Å². The predicted octanol–water partition coefficient (Wildman–Crippen LogP) is 1.02. The van der Waals surface area contributed by atoms with Gasteiger partial charge >= 0.3 is 0 Å². The fourth-order valence-electron chi connectivity index (χ4n) is 1.57. The van der Waals surface area contributed by atoms with Crippen LogP contribution >= 0.6 is 0 Å². The molecule has 0 bridgehead atoms. The maximum atomic E-state index is 12.8. The number of sulfonamides is 1. The highest BCUT2D eigenvalue weighted by Gasteiger charge is 2.21. The van der Waals surface area contributed by atoms with E-state index in [4.69, 9.17) is 5.73 Å². The van der Waals surface area contributed by atoms with Crippen molar-refractivity contribution in [2.45, 2.75) is 11.4 Å². The molecule has 20 heavy (non-hydrogen) atoms. The van der Waals surface area contributed by atoms with Crippen LogP contribution in [0.25, 0.3) is 0 Å². The van der Waals surface area contributed by atoms with Gasteiger partial charge in [0.1, 0.15) is 10.7 Å². The van der Waals surface area contributed by atoms with Gasteiger partial charge in [0.15, 0.2) is 0 Å². The lowest BCUT2D eigenvalue weighted by Crippen LogP contribution is -2.26. The van der Waals surface area contributed by atoms with Crippen LogP contribution in [0.3, 0.4) is 0 Å². The maximum absolute atomic E-state index is 12.8. The van der Waals surface area contributed by atoms with Crippen LogP contribution in [0.4, 0.5) is 10.3 Å². The third-order valence-electron chi connectivity index (χ3n) is 2.67. The number of hydrogen-bond acceptors (Lipinski definition) is 5. The number of nitrogen functional groups attached to an aromatic ring is 1. The number of halogens is 1. The summed E-state index contributed by atoms with van der Waals surface area (Å²) in [5.74, 6) is -0.365. The topological polar surface area (TPSA) is 89.2 Å². The van der Waals surface area contributed by atoms with Gasteiger partial charge in [-0.05, 0) is 17.7 Å². The second-order valence-corrected chi connectivity index (χ2v) is 6.21. The van der Waals surface area contributed by atoms with Crippen molar-refractivity contribution < 1.29 is 12.8 Å². The minimum atomic E-state index is -3.71. The second kappa shape index (κ2) is 5.51. The zero-order valence-electron chi connectivity index (χ0n) is 10.7. The third kappa shape index (κ3) is 3.09. The van der Waals surface area contributed by atoms with E-state index in [-0.39, 0.29) is 23.2 Å². The van der Waals surface area contributed by atoms with Gasteiger partial charge in [0.2, 0.25) is 16.0 Å². The highest BCUT2D eigenvalue weighted by Crippen LogP contribution is 2.15. The summed E-state index contributed by atoms with van der Waals surface area (Å²) in [5.41, 5.74) is 5.99. The lowest BCUT2D eigenvalue weighted by Gasteiger charge is -2.16. The molecule has 0 saturated heterocycles. The molecule has 6 nitrogen and oxygen atoms in total. The van der Waals surface area contributed by atoms with Crippen LogP contribution in [0, 0.1) is 5.82 Å². The molecule has 1 heterocycles. The van der Waals surface area contributed by atoms with Gasteiger partial charge in [-0.1, -0.05) is 12.1 Å². The van der Waals surface area contributed by atoms with Crippen molar-refractivity contribution in [3.05, 3.63) is 48.0 Å². The van der Waals surface area contributed by atoms with Gasteiger partial charge in [-0.25, -0.2) is 22.8 Å². The van der Waals surface area contributed by atoms with Gasteiger partial charge in [0.05, 0.1) is 12.4 Å². The number of hydrogen-bond donors (Lipinski definition) is 1. The summed E-state index contributed by atoms with van der Waals surface area (Å²) < 4.78 is 38.4. The van der Waals surface area contributed by atoms with E-state index in [0.717, 1.165) is 16.7 Å². The van der Waals surface area contributed by atoms with Gasteiger partial charge in [-0.3, -0.25) is 0 Å². The van der Waals surface area contributed by atoms with E-state index < -0.39 is 10.0 Å². The molecular weight excluding hydrogens is 283 g/mol. The first-order valence-corrected chi connectivity index (χ1v) is 7.12. The van der Waals surface area contributed by atoms with E-state index in [0.29, 0.717) is 5.56 Å². The van der Waals surface area contributed by atoms with E-state index in [1.807, 2.05) is 0 Å². The molecule has 0 aliphatic carbocycles. The number of anilines is 1. The Morgan fingerprint density at radius 1 is 1.20 bits per heavy atom. The van der Waals surface area contributed by atoms with E-state index in [1.54, 1.807) is 0 Å². The molecule has 1 aromatic carbocycles. The lowest BCUT2D eigenvalue weighted by atomic mass is 10.2. The Balaban J connectivity index is 2.21. The number of aromatic nitrogens is 2. The van der Waals surface area contributed by atoms with Crippen molar-refractivity contribution in [2.75, 3.05) is 12.8 Å². The van der Waals surface area contributed by atoms with Gasteiger partial charge in [0.25, 0.3) is 0 Å². The summed E-state index contributed by atoms with van der Waals surface area (Å²) in [5, 5.41) is 0. The highest BCUT2D eigenvalue weighted by atomic mass is 32.2. The average Bonchev–Trinajstić information content (AvgIpc) is 2.42. The quantitative estimate of drug-likeness (QED) is 0.909. The Bertz CT molecular complexity index is 686. The Morgan fingerprint density at radius 3 is 2.30 bits per heavy atom. The molecule has 0 spiro atoms. The molecule has 0 atom stereocenters. The SMILES string of the molecule is CN(Cc1ccc(F)cc1)S(=O)(=O)c1cnc(N)nc1. The Morgan fingerprint density at radius 2 is 1.75 bits per heavy atom. The van der Waals surface area contributed by atoms with Gasteiger partial charge in [-0.15, -0.1) is 0 Å². The summed E-state index contributed by atoms with van der Waals surface area (Å²) in [7, 11) is -2.28. The van der Waals surface area contributed by atoms with E-state index in [2.05, 4.69) is 9.97 Å². The van der Waals surface area contributed by atoms with Crippen molar-refractivity contribution in [3.63, 3.8) is 0 Å². The van der Waals surface area contributed by atoms with Crippen LogP contribution in [-0.2, 0) is 16.6 Å².